The fraction of sp³-hybridized carbons (Fsp3) is 0.455. The molecule has 0 fully saturated rings. The molecule has 1 aromatic rings. The molecule has 0 aromatic carbocycles. The number of hydrogen-bond donors (Lipinski definition) is 1. The summed E-state index contributed by atoms with van der Waals surface area (Å²) in [6, 6.07) is 1.86. The van der Waals surface area contributed by atoms with Crippen molar-refractivity contribution in [2.45, 2.75) is 12.8 Å². The number of halogens is 1. The molecular weight excluding hydrogens is 226 g/mol. The van der Waals surface area contributed by atoms with Gasteiger partial charge < -0.3 is 10.2 Å². The fourth-order valence-corrected chi connectivity index (χ4v) is 1.45. The summed E-state index contributed by atoms with van der Waals surface area (Å²) < 4.78 is 0. The molecule has 0 aliphatic heterocycles. The Morgan fingerprint density at radius 2 is 2.31 bits per heavy atom. The molecule has 1 rings (SSSR count). The highest BCUT2D eigenvalue weighted by Gasteiger charge is 2.07. The molecule has 0 aliphatic rings. The maximum atomic E-state index is 11.5. The van der Waals surface area contributed by atoms with Gasteiger partial charge in [-0.1, -0.05) is 0 Å². The summed E-state index contributed by atoms with van der Waals surface area (Å²) in [5.41, 5.74) is 1.67. The van der Waals surface area contributed by atoms with E-state index < -0.39 is 0 Å². The molecule has 88 valence electrons. The van der Waals surface area contributed by atoms with Crippen LogP contribution in [0.15, 0.2) is 18.5 Å². The normalized spacial score (nSPS) is 9.94. The van der Waals surface area contributed by atoms with Crippen LogP contribution >= 0.6 is 11.6 Å². The van der Waals surface area contributed by atoms with Crippen LogP contribution in [0.3, 0.4) is 0 Å². The number of anilines is 2. The number of aromatic nitrogens is 1. The minimum atomic E-state index is -0.0308. The molecule has 1 amide bonds. The van der Waals surface area contributed by atoms with E-state index in [9.17, 15) is 4.79 Å². The second kappa shape index (κ2) is 6.33. The Balaban J connectivity index is 2.69. The predicted octanol–water partition coefficient (Wildman–Crippen LogP) is 2.11. The molecule has 0 aliphatic carbocycles. The van der Waals surface area contributed by atoms with Gasteiger partial charge in [0.05, 0.1) is 17.6 Å². The van der Waals surface area contributed by atoms with Crippen LogP contribution in [0.4, 0.5) is 11.4 Å². The highest BCUT2D eigenvalue weighted by atomic mass is 35.5. The Hall–Kier alpha value is -1.29. The van der Waals surface area contributed by atoms with E-state index in [2.05, 4.69) is 10.3 Å². The molecule has 0 atom stereocenters. The second-order valence-corrected chi connectivity index (χ2v) is 4.01. The van der Waals surface area contributed by atoms with Crippen LogP contribution in [0, 0.1) is 0 Å². The summed E-state index contributed by atoms with van der Waals surface area (Å²) in [5.74, 6) is 0.470. The van der Waals surface area contributed by atoms with Crippen LogP contribution in [0.25, 0.3) is 0 Å². The number of carbonyl (C=O) groups is 1. The first kappa shape index (κ1) is 12.8. The molecule has 0 saturated carbocycles. The van der Waals surface area contributed by atoms with E-state index in [1.807, 2.05) is 25.1 Å². The molecule has 0 bridgehead atoms. The number of nitrogens with one attached hydrogen (secondary N) is 1. The summed E-state index contributed by atoms with van der Waals surface area (Å²) >= 11 is 5.53. The summed E-state index contributed by atoms with van der Waals surface area (Å²) in [7, 11) is 3.84. The zero-order valence-electron chi connectivity index (χ0n) is 9.53. The highest BCUT2D eigenvalue weighted by molar-refractivity contribution is 6.18. The Morgan fingerprint density at radius 1 is 1.56 bits per heavy atom. The van der Waals surface area contributed by atoms with Crippen molar-refractivity contribution in [3.8, 4) is 0 Å². The molecule has 0 radical (unpaired) electrons. The smallest absolute Gasteiger partial charge is 0.224 e. The van der Waals surface area contributed by atoms with Crippen LogP contribution in [-0.2, 0) is 4.79 Å². The lowest BCUT2D eigenvalue weighted by molar-refractivity contribution is -0.116. The molecular formula is C11H16ClN3O. The van der Waals surface area contributed by atoms with Gasteiger partial charge in [0.25, 0.3) is 0 Å². The van der Waals surface area contributed by atoms with Crippen molar-refractivity contribution < 1.29 is 4.79 Å². The maximum absolute atomic E-state index is 11.5. The Morgan fingerprint density at radius 3 is 2.94 bits per heavy atom. The van der Waals surface area contributed by atoms with Crippen molar-refractivity contribution >= 4 is 28.9 Å². The zero-order valence-corrected chi connectivity index (χ0v) is 10.3. The molecule has 16 heavy (non-hydrogen) atoms. The van der Waals surface area contributed by atoms with Gasteiger partial charge in [-0.15, -0.1) is 11.6 Å². The largest absolute Gasteiger partial charge is 0.376 e. The lowest BCUT2D eigenvalue weighted by Gasteiger charge is -2.17. The van der Waals surface area contributed by atoms with Gasteiger partial charge in [-0.25, -0.2) is 0 Å². The van der Waals surface area contributed by atoms with Gasteiger partial charge in [-0.3, -0.25) is 9.78 Å². The van der Waals surface area contributed by atoms with E-state index in [0.29, 0.717) is 18.7 Å². The Bertz CT molecular complexity index is 355. The molecule has 0 unspecified atom stereocenters. The third kappa shape index (κ3) is 3.70. The summed E-state index contributed by atoms with van der Waals surface area (Å²) in [4.78, 5) is 17.5. The molecule has 1 aromatic heterocycles. The minimum Gasteiger partial charge on any atom is -0.376 e. The number of alkyl halides is 1. The summed E-state index contributed by atoms with van der Waals surface area (Å²) in [5, 5.41) is 2.82. The monoisotopic (exact) mass is 241 g/mol. The lowest BCUT2D eigenvalue weighted by Crippen LogP contribution is -2.16. The first-order chi connectivity index (χ1) is 7.65. The number of rotatable bonds is 5. The quantitative estimate of drug-likeness (QED) is 0.803. The van der Waals surface area contributed by atoms with Gasteiger partial charge in [0.1, 0.15) is 0 Å². The van der Waals surface area contributed by atoms with Crippen LogP contribution in [-0.4, -0.2) is 30.9 Å². The van der Waals surface area contributed by atoms with E-state index in [0.717, 1.165) is 11.4 Å². The van der Waals surface area contributed by atoms with Crippen molar-refractivity contribution in [1.82, 2.24) is 4.98 Å². The van der Waals surface area contributed by atoms with Crippen molar-refractivity contribution in [2.24, 2.45) is 0 Å². The number of amides is 1. The summed E-state index contributed by atoms with van der Waals surface area (Å²) in [6.45, 7) is 0. The van der Waals surface area contributed by atoms with Crippen LogP contribution in [0.5, 0.6) is 0 Å². The van der Waals surface area contributed by atoms with Crippen LogP contribution in [0.2, 0.25) is 0 Å². The SMILES string of the molecule is CN(C)c1ccncc1NC(=O)CCCCl. The number of carbonyl (C=O) groups excluding carboxylic acids is 1. The minimum absolute atomic E-state index is 0.0308. The average Bonchev–Trinajstić information content (AvgIpc) is 2.27. The second-order valence-electron chi connectivity index (χ2n) is 3.63. The van der Waals surface area contributed by atoms with E-state index >= 15 is 0 Å². The number of nitrogens with zero attached hydrogens (tertiary/aromatic N) is 2. The maximum Gasteiger partial charge on any atom is 0.224 e. The number of pyridine rings is 1. The van der Waals surface area contributed by atoms with Gasteiger partial charge in [-0.2, -0.15) is 0 Å². The van der Waals surface area contributed by atoms with Gasteiger partial charge in [-0.05, 0) is 12.5 Å². The molecule has 1 heterocycles. The first-order valence-corrected chi connectivity index (χ1v) is 5.65. The Labute approximate surface area is 101 Å². The van der Waals surface area contributed by atoms with Crippen LogP contribution < -0.4 is 10.2 Å². The van der Waals surface area contributed by atoms with Gasteiger partial charge in [0.2, 0.25) is 5.91 Å². The zero-order chi connectivity index (χ0) is 12.0. The van der Waals surface area contributed by atoms with Crippen LogP contribution in [0.1, 0.15) is 12.8 Å². The van der Waals surface area contributed by atoms with Crippen molar-refractivity contribution in [2.75, 3.05) is 30.2 Å². The van der Waals surface area contributed by atoms with Crippen molar-refractivity contribution in [1.29, 1.82) is 0 Å². The van der Waals surface area contributed by atoms with Crippen molar-refractivity contribution in [3.63, 3.8) is 0 Å². The van der Waals surface area contributed by atoms with E-state index in [4.69, 9.17) is 11.6 Å². The van der Waals surface area contributed by atoms with E-state index in [1.165, 1.54) is 0 Å². The lowest BCUT2D eigenvalue weighted by atomic mass is 10.3. The van der Waals surface area contributed by atoms with Crippen molar-refractivity contribution in [3.05, 3.63) is 18.5 Å². The summed E-state index contributed by atoms with van der Waals surface area (Å²) in [6.07, 6.45) is 4.47. The molecule has 0 spiro atoms. The van der Waals surface area contributed by atoms with Gasteiger partial charge in [0.15, 0.2) is 0 Å². The average molecular weight is 242 g/mol. The standard InChI is InChI=1S/C11H16ClN3O/c1-15(2)10-5-7-13-8-9(10)14-11(16)4-3-6-12/h5,7-8H,3-4,6H2,1-2H3,(H,14,16). The first-order valence-electron chi connectivity index (χ1n) is 5.12. The molecule has 0 saturated heterocycles. The topological polar surface area (TPSA) is 45.2 Å². The predicted molar refractivity (Wildman–Crippen MR) is 67.1 cm³/mol. The van der Waals surface area contributed by atoms with E-state index in [-0.39, 0.29) is 5.91 Å². The Kier molecular flexibility index (Phi) is 5.05. The van der Waals surface area contributed by atoms with E-state index in [1.54, 1.807) is 12.4 Å². The number of hydrogen-bond acceptors (Lipinski definition) is 3. The van der Waals surface area contributed by atoms with Gasteiger partial charge in [0, 0.05) is 32.6 Å². The third-order valence-electron chi connectivity index (χ3n) is 2.09. The third-order valence-corrected chi connectivity index (χ3v) is 2.36. The highest BCUT2D eigenvalue weighted by Crippen LogP contribution is 2.22. The molecule has 5 heteroatoms. The fourth-order valence-electron chi connectivity index (χ4n) is 1.31. The molecule has 1 N–H and O–H groups in total. The van der Waals surface area contributed by atoms with Gasteiger partial charge >= 0.3 is 0 Å². The molecule has 4 nitrogen and oxygen atoms in total.